The van der Waals surface area contributed by atoms with Crippen LogP contribution >= 0.6 is 0 Å². The van der Waals surface area contributed by atoms with Crippen LogP contribution in [-0.2, 0) is 11.8 Å². The van der Waals surface area contributed by atoms with Gasteiger partial charge in [0.25, 0.3) is 5.91 Å². The van der Waals surface area contributed by atoms with Crippen LogP contribution in [0.1, 0.15) is 37.6 Å². The molecule has 3 rings (SSSR count). The van der Waals surface area contributed by atoms with Crippen molar-refractivity contribution in [1.82, 2.24) is 14.5 Å². The van der Waals surface area contributed by atoms with Gasteiger partial charge in [-0.2, -0.15) is 0 Å². The molecule has 30 heavy (non-hydrogen) atoms. The summed E-state index contributed by atoms with van der Waals surface area (Å²) in [6.45, 7) is 5.42. The smallest absolute Gasteiger partial charge is 0.410 e. The molecule has 2 amide bonds. The van der Waals surface area contributed by atoms with Gasteiger partial charge in [-0.05, 0) is 39.0 Å². The van der Waals surface area contributed by atoms with E-state index in [1.54, 1.807) is 49.9 Å². The Bertz CT molecular complexity index is 937. The lowest BCUT2D eigenvalue weighted by atomic mass is 10.0. The Morgan fingerprint density at radius 2 is 2.03 bits per heavy atom. The van der Waals surface area contributed by atoms with Crippen LogP contribution < -0.4 is 10.5 Å². The standard InChI is InChI=1S/C21H27FN4O4/c1-21(2,3)30-20(28)26-8-7-18(15(22)10-26)29-17-6-5-13(9-14(17)19(23)27)16-11-25(4)12-24-16/h5-6,9,11-12,15,18H,7-8,10H2,1-4H3,(H2,23,27)/t15-,18-/m1/s1. The fourth-order valence-corrected chi connectivity index (χ4v) is 3.22. The maximum atomic E-state index is 14.8. The average Bonchev–Trinajstić information content (AvgIpc) is 3.08. The summed E-state index contributed by atoms with van der Waals surface area (Å²) in [7, 11) is 1.84. The largest absolute Gasteiger partial charge is 0.486 e. The van der Waals surface area contributed by atoms with E-state index in [1.807, 2.05) is 13.2 Å². The maximum Gasteiger partial charge on any atom is 0.410 e. The zero-order valence-corrected chi connectivity index (χ0v) is 17.6. The minimum Gasteiger partial charge on any atom is -0.486 e. The van der Waals surface area contributed by atoms with Gasteiger partial charge in [-0.25, -0.2) is 14.2 Å². The van der Waals surface area contributed by atoms with Crippen LogP contribution in [0.5, 0.6) is 5.75 Å². The number of primary amides is 1. The third-order valence-electron chi connectivity index (χ3n) is 4.66. The van der Waals surface area contributed by atoms with E-state index in [1.165, 1.54) is 4.90 Å². The summed E-state index contributed by atoms with van der Waals surface area (Å²) in [6.07, 6.45) is 0.937. The predicted octanol–water partition coefficient (Wildman–Crippen LogP) is 2.91. The van der Waals surface area contributed by atoms with E-state index in [-0.39, 0.29) is 30.8 Å². The summed E-state index contributed by atoms with van der Waals surface area (Å²) in [5, 5.41) is 0. The SMILES string of the molecule is Cn1cnc(-c2ccc(O[C@@H]3CCN(C(=O)OC(C)(C)C)C[C@H]3F)c(C(N)=O)c2)c1. The molecule has 0 saturated carbocycles. The Kier molecular flexibility index (Phi) is 6.00. The number of nitrogens with zero attached hydrogens (tertiary/aromatic N) is 3. The molecule has 0 aliphatic carbocycles. The first kappa shape index (κ1) is 21.6. The molecular formula is C21H27FN4O4. The third-order valence-corrected chi connectivity index (χ3v) is 4.66. The topological polar surface area (TPSA) is 99.7 Å². The number of aryl methyl sites for hydroxylation is 1. The zero-order chi connectivity index (χ0) is 22.1. The zero-order valence-electron chi connectivity index (χ0n) is 17.6. The first-order chi connectivity index (χ1) is 14.0. The van der Waals surface area contributed by atoms with Gasteiger partial charge in [-0.15, -0.1) is 0 Å². The molecule has 8 nitrogen and oxygen atoms in total. The van der Waals surface area contributed by atoms with E-state index >= 15 is 0 Å². The summed E-state index contributed by atoms with van der Waals surface area (Å²) >= 11 is 0. The van der Waals surface area contributed by atoms with Gasteiger partial charge < -0.3 is 24.7 Å². The number of ether oxygens (including phenoxy) is 2. The van der Waals surface area contributed by atoms with Crippen molar-refractivity contribution in [2.75, 3.05) is 13.1 Å². The Morgan fingerprint density at radius 3 is 2.60 bits per heavy atom. The van der Waals surface area contributed by atoms with Crippen molar-refractivity contribution >= 4 is 12.0 Å². The molecule has 1 aliphatic heterocycles. The normalized spacial score (nSPS) is 19.4. The van der Waals surface area contributed by atoms with Crippen molar-refractivity contribution in [1.29, 1.82) is 0 Å². The number of aromatic nitrogens is 2. The number of alkyl halides is 1. The molecule has 9 heteroatoms. The van der Waals surface area contributed by atoms with E-state index in [4.69, 9.17) is 15.2 Å². The Hall–Kier alpha value is -3.10. The minimum absolute atomic E-state index is 0.141. The fourth-order valence-electron chi connectivity index (χ4n) is 3.22. The number of rotatable bonds is 4. The number of hydrogen-bond acceptors (Lipinski definition) is 5. The minimum atomic E-state index is -1.43. The lowest BCUT2D eigenvalue weighted by molar-refractivity contribution is -0.0106. The van der Waals surface area contributed by atoms with Crippen LogP contribution in [0.3, 0.4) is 0 Å². The number of amides is 2. The molecule has 2 heterocycles. The summed E-state index contributed by atoms with van der Waals surface area (Å²) < 4.78 is 27.6. The highest BCUT2D eigenvalue weighted by Gasteiger charge is 2.35. The van der Waals surface area contributed by atoms with Crippen molar-refractivity contribution in [2.45, 2.75) is 45.1 Å². The van der Waals surface area contributed by atoms with E-state index in [0.29, 0.717) is 11.3 Å². The van der Waals surface area contributed by atoms with Gasteiger partial charge in [0.05, 0.1) is 24.1 Å². The maximum absolute atomic E-state index is 14.8. The highest BCUT2D eigenvalue weighted by atomic mass is 19.1. The van der Waals surface area contributed by atoms with Crippen molar-refractivity contribution in [2.24, 2.45) is 12.8 Å². The second kappa shape index (κ2) is 8.33. The van der Waals surface area contributed by atoms with Crippen LogP contribution in [0, 0.1) is 0 Å². The van der Waals surface area contributed by atoms with E-state index in [9.17, 15) is 14.0 Å². The molecule has 0 radical (unpaired) electrons. The summed E-state index contributed by atoms with van der Waals surface area (Å²) in [5.74, 6) is -0.468. The second-order valence-electron chi connectivity index (χ2n) is 8.39. The van der Waals surface area contributed by atoms with Gasteiger partial charge in [0.2, 0.25) is 0 Å². The predicted molar refractivity (Wildman–Crippen MR) is 109 cm³/mol. The van der Waals surface area contributed by atoms with Crippen molar-refractivity contribution in [3.63, 3.8) is 0 Å². The van der Waals surface area contributed by atoms with Crippen LogP contribution in [-0.4, -0.2) is 57.4 Å². The molecule has 2 atom stereocenters. The van der Waals surface area contributed by atoms with Gasteiger partial charge in [0.1, 0.15) is 17.5 Å². The lowest BCUT2D eigenvalue weighted by Gasteiger charge is -2.35. The molecule has 1 aliphatic rings. The van der Waals surface area contributed by atoms with Gasteiger partial charge in [0, 0.05) is 31.8 Å². The fraction of sp³-hybridized carbons (Fsp3) is 0.476. The molecule has 2 N–H and O–H groups in total. The molecule has 1 saturated heterocycles. The number of halogens is 1. The molecular weight excluding hydrogens is 391 g/mol. The van der Waals surface area contributed by atoms with E-state index in [0.717, 1.165) is 0 Å². The summed E-state index contributed by atoms with van der Waals surface area (Å²) in [5.41, 5.74) is 6.40. The highest BCUT2D eigenvalue weighted by Crippen LogP contribution is 2.29. The highest BCUT2D eigenvalue weighted by molar-refractivity contribution is 5.97. The summed E-state index contributed by atoms with van der Waals surface area (Å²) in [4.78, 5) is 29.7. The van der Waals surface area contributed by atoms with Gasteiger partial charge in [0.15, 0.2) is 6.17 Å². The van der Waals surface area contributed by atoms with Crippen LogP contribution in [0.2, 0.25) is 0 Å². The van der Waals surface area contributed by atoms with E-state index in [2.05, 4.69) is 4.98 Å². The molecule has 0 unspecified atom stereocenters. The van der Waals surface area contributed by atoms with Crippen LogP contribution in [0.25, 0.3) is 11.3 Å². The van der Waals surface area contributed by atoms with E-state index < -0.39 is 29.9 Å². The number of likely N-dealkylation sites (tertiary alicyclic amines) is 1. The number of carbonyl (C=O) groups is 2. The Balaban J connectivity index is 1.72. The monoisotopic (exact) mass is 418 g/mol. The molecule has 1 fully saturated rings. The molecule has 0 bridgehead atoms. The third kappa shape index (κ3) is 5.08. The first-order valence-electron chi connectivity index (χ1n) is 9.74. The molecule has 0 spiro atoms. The summed E-state index contributed by atoms with van der Waals surface area (Å²) in [6, 6.07) is 4.92. The number of hydrogen-bond donors (Lipinski definition) is 1. The Morgan fingerprint density at radius 1 is 1.30 bits per heavy atom. The quantitative estimate of drug-likeness (QED) is 0.823. The molecule has 162 valence electrons. The first-order valence-corrected chi connectivity index (χ1v) is 9.74. The average molecular weight is 418 g/mol. The molecule has 1 aromatic heterocycles. The van der Waals surface area contributed by atoms with Gasteiger partial charge >= 0.3 is 6.09 Å². The molecule has 1 aromatic carbocycles. The lowest BCUT2D eigenvalue weighted by Crippen LogP contribution is -2.50. The number of piperidine rings is 1. The van der Waals surface area contributed by atoms with Crippen molar-refractivity contribution in [3.05, 3.63) is 36.3 Å². The number of benzene rings is 1. The van der Waals surface area contributed by atoms with Gasteiger partial charge in [-0.3, -0.25) is 4.79 Å². The van der Waals surface area contributed by atoms with Gasteiger partial charge in [-0.1, -0.05) is 0 Å². The van der Waals surface area contributed by atoms with Crippen molar-refractivity contribution in [3.8, 4) is 17.0 Å². The number of imidazole rings is 1. The molecule has 2 aromatic rings. The van der Waals surface area contributed by atoms with Crippen LogP contribution in [0.15, 0.2) is 30.7 Å². The van der Waals surface area contributed by atoms with Crippen LogP contribution in [0.4, 0.5) is 9.18 Å². The van der Waals surface area contributed by atoms with Crippen molar-refractivity contribution < 1.29 is 23.5 Å². The number of nitrogens with two attached hydrogens (primary N) is 1. The second-order valence-corrected chi connectivity index (χ2v) is 8.39. The number of carbonyl (C=O) groups excluding carboxylic acids is 2. The Labute approximate surface area is 174 Å².